The molecule has 1 aliphatic rings. The van der Waals surface area contributed by atoms with Crippen LogP contribution in [0.1, 0.15) is 0 Å². The Morgan fingerprint density at radius 3 is 2.56 bits per heavy atom. The van der Waals surface area contributed by atoms with Crippen LogP contribution in [0.2, 0.25) is 0 Å². The number of carbonyl (C=O) groups excluding carboxylic acids is 2. The summed E-state index contributed by atoms with van der Waals surface area (Å²) >= 11 is 0. The number of anilines is 1. The molecule has 0 radical (unpaired) electrons. The van der Waals surface area contributed by atoms with Gasteiger partial charge in [0.1, 0.15) is 5.82 Å². The number of halogens is 1. The molecule has 1 aliphatic heterocycles. The van der Waals surface area contributed by atoms with Crippen LogP contribution < -0.4 is 10.6 Å². The molecule has 0 saturated carbocycles. The molecule has 1 aromatic rings. The summed E-state index contributed by atoms with van der Waals surface area (Å²) in [6, 6.07) is 5.75. The number of benzene rings is 1. The first-order chi connectivity index (χ1) is 8.68. The Hall–Kier alpha value is -1.95. The Morgan fingerprint density at radius 1 is 1.22 bits per heavy atom. The van der Waals surface area contributed by atoms with Crippen molar-refractivity contribution in [3.05, 3.63) is 30.1 Å². The number of piperazine rings is 1. The molecule has 2 rings (SSSR count). The second kappa shape index (κ2) is 5.59. The predicted octanol–water partition coefficient (Wildman–Crippen LogP) is 0.196. The Kier molecular flexibility index (Phi) is 3.88. The molecule has 18 heavy (non-hydrogen) atoms. The molecule has 0 unspecified atom stereocenters. The standard InChI is InChI=1S/C12H14FN3O2/c13-9-3-1-2-4-10(9)15-11(17)12(18)16-7-5-14-6-8-16/h1-4,14H,5-8H2,(H,15,17). The summed E-state index contributed by atoms with van der Waals surface area (Å²) in [4.78, 5) is 24.9. The van der Waals surface area contributed by atoms with Crippen molar-refractivity contribution >= 4 is 17.5 Å². The van der Waals surface area contributed by atoms with Gasteiger partial charge in [0.15, 0.2) is 0 Å². The number of nitrogens with one attached hydrogen (secondary N) is 2. The Labute approximate surface area is 104 Å². The van der Waals surface area contributed by atoms with Crippen LogP contribution in [0.25, 0.3) is 0 Å². The maximum atomic E-state index is 13.3. The number of para-hydroxylation sites is 1. The fraction of sp³-hybridized carbons (Fsp3) is 0.333. The zero-order chi connectivity index (χ0) is 13.0. The van der Waals surface area contributed by atoms with Gasteiger partial charge in [-0.1, -0.05) is 12.1 Å². The van der Waals surface area contributed by atoms with Gasteiger partial charge in [-0.05, 0) is 12.1 Å². The van der Waals surface area contributed by atoms with Crippen molar-refractivity contribution in [3.8, 4) is 0 Å². The van der Waals surface area contributed by atoms with Crippen molar-refractivity contribution in [2.45, 2.75) is 0 Å². The molecule has 0 spiro atoms. The molecular weight excluding hydrogens is 237 g/mol. The lowest BCUT2D eigenvalue weighted by atomic mass is 10.3. The zero-order valence-corrected chi connectivity index (χ0v) is 9.78. The third-order valence-corrected chi connectivity index (χ3v) is 2.72. The topological polar surface area (TPSA) is 61.4 Å². The maximum absolute atomic E-state index is 13.3. The minimum absolute atomic E-state index is 0.0194. The molecule has 2 N–H and O–H groups in total. The van der Waals surface area contributed by atoms with E-state index in [1.54, 1.807) is 6.07 Å². The molecule has 1 saturated heterocycles. The van der Waals surface area contributed by atoms with Crippen LogP contribution in [-0.2, 0) is 9.59 Å². The van der Waals surface area contributed by atoms with E-state index in [4.69, 9.17) is 0 Å². The first-order valence-electron chi connectivity index (χ1n) is 5.74. The van der Waals surface area contributed by atoms with E-state index in [1.807, 2.05) is 0 Å². The Balaban J connectivity index is 1.99. The van der Waals surface area contributed by atoms with E-state index in [-0.39, 0.29) is 5.69 Å². The van der Waals surface area contributed by atoms with Crippen LogP contribution in [0.3, 0.4) is 0 Å². The van der Waals surface area contributed by atoms with Crippen LogP contribution in [0.5, 0.6) is 0 Å². The lowest BCUT2D eigenvalue weighted by Crippen LogP contribution is -2.49. The van der Waals surface area contributed by atoms with Gasteiger partial charge in [0.25, 0.3) is 0 Å². The molecule has 6 heteroatoms. The number of hydrogen-bond acceptors (Lipinski definition) is 3. The van der Waals surface area contributed by atoms with Crippen LogP contribution in [-0.4, -0.2) is 42.9 Å². The van der Waals surface area contributed by atoms with Gasteiger partial charge in [-0.3, -0.25) is 9.59 Å². The van der Waals surface area contributed by atoms with Gasteiger partial charge in [-0.25, -0.2) is 4.39 Å². The second-order valence-electron chi connectivity index (χ2n) is 3.98. The summed E-state index contributed by atoms with van der Waals surface area (Å²) in [6.45, 7) is 2.31. The fourth-order valence-electron chi connectivity index (χ4n) is 1.75. The van der Waals surface area contributed by atoms with E-state index in [2.05, 4.69) is 10.6 Å². The summed E-state index contributed by atoms with van der Waals surface area (Å²) in [5.74, 6) is -1.99. The molecule has 0 bridgehead atoms. The maximum Gasteiger partial charge on any atom is 0.313 e. The molecule has 2 amide bonds. The molecule has 1 fully saturated rings. The van der Waals surface area contributed by atoms with Crippen LogP contribution in [0.4, 0.5) is 10.1 Å². The van der Waals surface area contributed by atoms with E-state index in [1.165, 1.54) is 23.1 Å². The van der Waals surface area contributed by atoms with Gasteiger partial charge in [0.2, 0.25) is 0 Å². The van der Waals surface area contributed by atoms with Crippen LogP contribution in [0, 0.1) is 5.82 Å². The molecular formula is C12H14FN3O2. The molecule has 5 nitrogen and oxygen atoms in total. The normalized spacial score (nSPS) is 15.3. The third-order valence-electron chi connectivity index (χ3n) is 2.72. The highest BCUT2D eigenvalue weighted by molar-refractivity contribution is 6.39. The van der Waals surface area contributed by atoms with Crippen molar-refractivity contribution in [3.63, 3.8) is 0 Å². The van der Waals surface area contributed by atoms with Gasteiger partial charge in [-0.15, -0.1) is 0 Å². The van der Waals surface area contributed by atoms with E-state index >= 15 is 0 Å². The first-order valence-corrected chi connectivity index (χ1v) is 5.74. The zero-order valence-electron chi connectivity index (χ0n) is 9.78. The summed E-state index contributed by atoms with van der Waals surface area (Å²) in [5, 5.41) is 5.36. The number of carbonyl (C=O) groups is 2. The second-order valence-corrected chi connectivity index (χ2v) is 3.98. The van der Waals surface area contributed by atoms with Crippen LogP contribution in [0.15, 0.2) is 24.3 Å². The largest absolute Gasteiger partial charge is 0.332 e. The number of hydrogen-bond donors (Lipinski definition) is 2. The summed E-state index contributed by atoms with van der Waals surface area (Å²) < 4.78 is 13.3. The number of rotatable bonds is 1. The quantitative estimate of drug-likeness (QED) is 0.701. The van der Waals surface area contributed by atoms with Gasteiger partial charge in [-0.2, -0.15) is 0 Å². The third kappa shape index (κ3) is 2.84. The van der Waals surface area contributed by atoms with Gasteiger partial charge in [0.05, 0.1) is 5.69 Å². The van der Waals surface area contributed by atoms with Gasteiger partial charge >= 0.3 is 11.8 Å². The molecule has 0 aromatic heterocycles. The van der Waals surface area contributed by atoms with E-state index in [9.17, 15) is 14.0 Å². The lowest BCUT2D eigenvalue weighted by Gasteiger charge is -2.26. The van der Waals surface area contributed by atoms with Gasteiger partial charge in [0, 0.05) is 26.2 Å². The highest BCUT2D eigenvalue weighted by Gasteiger charge is 2.23. The number of nitrogens with zero attached hydrogens (tertiary/aromatic N) is 1. The Bertz CT molecular complexity index is 458. The first kappa shape index (κ1) is 12.5. The predicted molar refractivity (Wildman–Crippen MR) is 64.5 cm³/mol. The van der Waals surface area contributed by atoms with E-state index in [0.717, 1.165) is 0 Å². The SMILES string of the molecule is O=C(Nc1ccccc1F)C(=O)N1CCNCC1. The van der Waals surface area contributed by atoms with Gasteiger partial charge < -0.3 is 15.5 Å². The highest BCUT2D eigenvalue weighted by Crippen LogP contribution is 2.12. The van der Waals surface area contributed by atoms with Crippen LogP contribution >= 0.6 is 0 Å². The molecule has 1 heterocycles. The van der Waals surface area contributed by atoms with E-state index < -0.39 is 17.6 Å². The average Bonchev–Trinajstić information content (AvgIpc) is 2.41. The summed E-state index contributed by atoms with van der Waals surface area (Å²) in [5.41, 5.74) is 0.0194. The highest BCUT2D eigenvalue weighted by atomic mass is 19.1. The van der Waals surface area contributed by atoms with Crippen molar-refractivity contribution < 1.29 is 14.0 Å². The van der Waals surface area contributed by atoms with E-state index in [0.29, 0.717) is 26.2 Å². The molecule has 1 aromatic carbocycles. The minimum Gasteiger partial charge on any atom is -0.332 e. The molecule has 0 aliphatic carbocycles. The lowest BCUT2D eigenvalue weighted by molar-refractivity contribution is -0.143. The van der Waals surface area contributed by atoms with Crippen molar-refractivity contribution in [1.29, 1.82) is 0 Å². The Morgan fingerprint density at radius 2 is 1.89 bits per heavy atom. The molecule has 0 atom stereocenters. The molecule has 96 valence electrons. The minimum atomic E-state index is -0.804. The summed E-state index contributed by atoms with van der Waals surface area (Å²) in [6.07, 6.45) is 0. The average molecular weight is 251 g/mol. The monoisotopic (exact) mass is 251 g/mol. The fourth-order valence-corrected chi connectivity index (χ4v) is 1.75. The summed E-state index contributed by atoms with van der Waals surface area (Å²) in [7, 11) is 0. The van der Waals surface area contributed by atoms with Crippen molar-refractivity contribution in [1.82, 2.24) is 10.2 Å². The van der Waals surface area contributed by atoms with Crippen molar-refractivity contribution in [2.75, 3.05) is 31.5 Å². The van der Waals surface area contributed by atoms with Crippen molar-refractivity contribution in [2.24, 2.45) is 0 Å². The number of amides is 2. The smallest absolute Gasteiger partial charge is 0.313 e.